The van der Waals surface area contributed by atoms with E-state index in [0.29, 0.717) is 11.1 Å². The third-order valence-electron chi connectivity index (χ3n) is 2.73. The first-order valence-electron chi connectivity index (χ1n) is 5.75. The van der Waals surface area contributed by atoms with Crippen LogP contribution in [0.2, 0.25) is 0 Å². The fourth-order valence-corrected chi connectivity index (χ4v) is 1.88. The van der Waals surface area contributed by atoms with Gasteiger partial charge < -0.3 is 10.2 Å². The Morgan fingerprint density at radius 2 is 1.58 bits per heavy atom. The van der Waals surface area contributed by atoms with Crippen LogP contribution >= 0.6 is 0 Å². The number of nitrogens with zero attached hydrogens (tertiary/aromatic N) is 1. The average molecular weight is 262 g/mol. The Morgan fingerprint density at radius 1 is 1.00 bits per heavy atom. The lowest BCUT2D eigenvalue weighted by Gasteiger charge is -2.08. The molecule has 0 saturated carbocycles. The molecule has 1 heterocycles. The fourth-order valence-electron chi connectivity index (χ4n) is 1.88. The van der Waals surface area contributed by atoms with Crippen LogP contribution in [0.1, 0.15) is 16.7 Å². The lowest BCUT2D eigenvalue weighted by Crippen LogP contribution is -2.28. The monoisotopic (exact) mass is 262 g/mol. The third kappa shape index (κ3) is 3.18. The molecule has 0 aliphatic carbocycles. The molecule has 19 heavy (non-hydrogen) atoms. The van der Waals surface area contributed by atoms with Crippen LogP contribution < -0.4 is 11.2 Å². The van der Waals surface area contributed by atoms with E-state index in [1.54, 1.807) is 18.2 Å². The third-order valence-corrected chi connectivity index (χ3v) is 2.73. The van der Waals surface area contributed by atoms with E-state index < -0.39 is 11.2 Å². The number of hydrogen-bond acceptors (Lipinski definition) is 4. The van der Waals surface area contributed by atoms with Gasteiger partial charge in [-0.2, -0.15) is 0 Å². The molecule has 0 fully saturated rings. The minimum Gasteiger partial charge on any atom is -0.392 e. The Balaban J connectivity index is 2.37. The van der Waals surface area contributed by atoms with Gasteiger partial charge in [0.1, 0.15) is 0 Å². The highest BCUT2D eigenvalue weighted by Gasteiger charge is 2.03. The number of hydrogen-bond donors (Lipinski definition) is 3. The Kier molecular flexibility index (Phi) is 3.94. The maximum absolute atomic E-state index is 11.6. The van der Waals surface area contributed by atoms with Crippen LogP contribution in [0.4, 0.5) is 0 Å². The lowest BCUT2D eigenvalue weighted by molar-refractivity contribution is 0.275. The molecule has 0 amide bonds. The van der Waals surface area contributed by atoms with Crippen LogP contribution in [0.15, 0.2) is 40.1 Å². The van der Waals surface area contributed by atoms with Gasteiger partial charge in [0.05, 0.1) is 19.8 Å². The van der Waals surface area contributed by atoms with Crippen LogP contribution in [-0.4, -0.2) is 19.8 Å². The molecule has 3 N–H and O–H groups in total. The van der Waals surface area contributed by atoms with Crippen molar-refractivity contribution in [1.82, 2.24) is 9.55 Å². The van der Waals surface area contributed by atoms with Crippen molar-refractivity contribution in [3.05, 3.63) is 68.0 Å². The van der Waals surface area contributed by atoms with Crippen molar-refractivity contribution in [2.75, 3.05) is 0 Å². The highest BCUT2D eigenvalue weighted by Crippen LogP contribution is 2.11. The highest BCUT2D eigenvalue weighted by atomic mass is 16.3. The molecule has 2 rings (SSSR count). The van der Waals surface area contributed by atoms with E-state index in [4.69, 9.17) is 10.2 Å². The van der Waals surface area contributed by atoms with Gasteiger partial charge in [0, 0.05) is 12.3 Å². The first kappa shape index (κ1) is 13.3. The van der Waals surface area contributed by atoms with Gasteiger partial charge in [0.2, 0.25) is 0 Å². The minimum atomic E-state index is -0.493. The molecule has 0 unspecified atom stereocenters. The Bertz CT molecular complexity index is 665. The zero-order valence-corrected chi connectivity index (χ0v) is 10.2. The van der Waals surface area contributed by atoms with Gasteiger partial charge in [-0.05, 0) is 16.7 Å². The van der Waals surface area contributed by atoms with E-state index in [1.165, 1.54) is 16.8 Å². The molecule has 6 nitrogen and oxygen atoms in total. The van der Waals surface area contributed by atoms with E-state index >= 15 is 0 Å². The molecule has 0 atom stereocenters. The van der Waals surface area contributed by atoms with Crippen molar-refractivity contribution in [3.8, 4) is 0 Å². The summed E-state index contributed by atoms with van der Waals surface area (Å²) < 4.78 is 1.35. The molecular formula is C13H14N2O4. The number of aromatic amines is 1. The van der Waals surface area contributed by atoms with Gasteiger partial charge in [0.25, 0.3) is 5.56 Å². The zero-order valence-electron chi connectivity index (χ0n) is 10.2. The number of rotatable bonds is 4. The van der Waals surface area contributed by atoms with E-state index in [9.17, 15) is 9.59 Å². The molecule has 1 aromatic carbocycles. The summed E-state index contributed by atoms with van der Waals surface area (Å²) in [6.45, 7) is -0.0147. The molecule has 0 aliphatic heterocycles. The summed E-state index contributed by atoms with van der Waals surface area (Å²) in [5.41, 5.74) is 1.16. The van der Waals surface area contributed by atoms with Crippen LogP contribution in [0.3, 0.4) is 0 Å². The normalized spacial score (nSPS) is 10.6. The zero-order chi connectivity index (χ0) is 13.8. The minimum absolute atomic E-state index is 0.138. The van der Waals surface area contributed by atoms with E-state index in [1.807, 2.05) is 0 Å². The topological polar surface area (TPSA) is 95.3 Å². The Morgan fingerprint density at radius 3 is 2.11 bits per heavy atom. The van der Waals surface area contributed by atoms with Crippen molar-refractivity contribution in [2.45, 2.75) is 19.8 Å². The van der Waals surface area contributed by atoms with Crippen molar-refractivity contribution in [1.29, 1.82) is 0 Å². The van der Waals surface area contributed by atoms with Crippen LogP contribution in [0, 0.1) is 0 Å². The first-order valence-corrected chi connectivity index (χ1v) is 5.75. The highest BCUT2D eigenvalue weighted by molar-refractivity contribution is 5.29. The van der Waals surface area contributed by atoms with E-state index in [0.717, 1.165) is 5.56 Å². The Labute approximate surface area is 108 Å². The van der Waals surface area contributed by atoms with Gasteiger partial charge >= 0.3 is 5.69 Å². The number of nitrogens with one attached hydrogen (secondary N) is 1. The molecule has 100 valence electrons. The SMILES string of the molecule is O=c1ccn(Cc2cc(CO)cc(CO)c2)c(=O)[nH]1. The number of aliphatic hydroxyl groups excluding tert-OH is 2. The van der Waals surface area contributed by atoms with Crippen molar-refractivity contribution < 1.29 is 10.2 Å². The number of benzene rings is 1. The van der Waals surface area contributed by atoms with E-state index in [-0.39, 0.29) is 19.8 Å². The first-order chi connectivity index (χ1) is 9.12. The van der Waals surface area contributed by atoms with Crippen LogP contribution in [0.5, 0.6) is 0 Å². The fraction of sp³-hybridized carbons (Fsp3) is 0.231. The summed E-state index contributed by atoms with van der Waals surface area (Å²) in [5.74, 6) is 0. The number of aromatic nitrogens is 2. The molecule has 2 aromatic rings. The summed E-state index contributed by atoms with van der Waals surface area (Å²) in [5, 5.41) is 18.3. The maximum Gasteiger partial charge on any atom is 0.328 e. The predicted octanol–water partition coefficient (Wildman–Crippen LogP) is -0.430. The average Bonchev–Trinajstić information content (AvgIpc) is 2.41. The van der Waals surface area contributed by atoms with Gasteiger partial charge in [-0.15, -0.1) is 0 Å². The van der Waals surface area contributed by atoms with Gasteiger partial charge in [-0.3, -0.25) is 14.3 Å². The molecule has 0 bridgehead atoms. The standard InChI is InChI=1S/C13H14N2O4/c16-7-10-3-9(4-11(5-10)8-17)6-15-2-1-12(18)14-13(15)19/h1-5,16-17H,6-8H2,(H,14,18,19). The van der Waals surface area contributed by atoms with Crippen LogP contribution in [0.25, 0.3) is 0 Å². The van der Waals surface area contributed by atoms with Gasteiger partial charge in [0.15, 0.2) is 0 Å². The summed E-state index contributed by atoms with van der Waals surface area (Å²) in [6.07, 6.45) is 1.41. The quantitative estimate of drug-likeness (QED) is 0.696. The van der Waals surface area contributed by atoms with Crippen LogP contribution in [-0.2, 0) is 19.8 Å². The second-order valence-electron chi connectivity index (χ2n) is 4.21. The van der Waals surface area contributed by atoms with E-state index in [2.05, 4.69) is 4.98 Å². The molecule has 6 heteroatoms. The summed E-state index contributed by atoms with van der Waals surface area (Å²) in [7, 11) is 0. The summed E-state index contributed by atoms with van der Waals surface area (Å²) >= 11 is 0. The second kappa shape index (κ2) is 5.64. The maximum atomic E-state index is 11.6. The van der Waals surface area contributed by atoms with Gasteiger partial charge in [-0.1, -0.05) is 18.2 Å². The Hall–Kier alpha value is -2.18. The molecule has 1 aromatic heterocycles. The predicted molar refractivity (Wildman–Crippen MR) is 68.7 cm³/mol. The van der Waals surface area contributed by atoms with Crippen molar-refractivity contribution in [2.24, 2.45) is 0 Å². The number of aliphatic hydroxyl groups is 2. The molecule has 0 saturated heterocycles. The van der Waals surface area contributed by atoms with Crippen molar-refractivity contribution >= 4 is 0 Å². The molecular weight excluding hydrogens is 248 g/mol. The second-order valence-corrected chi connectivity index (χ2v) is 4.21. The molecule has 0 aliphatic rings. The molecule has 0 spiro atoms. The molecule has 0 radical (unpaired) electrons. The smallest absolute Gasteiger partial charge is 0.328 e. The largest absolute Gasteiger partial charge is 0.392 e. The lowest BCUT2D eigenvalue weighted by atomic mass is 10.1. The summed E-state index contributed by atoms with van der Waals surface area (Å²) in [4.78, 5) is 24.7. The number of H-pyrrole nitrogens is 1. The van der Waals surface area contributed by atoms with Crippen molar-refractivity contribution in [3.63, 3.8) is 0 Å². The summed E-state index contributed by atoms with van der Waals surface area (Å²) in [6, 6.07) is 6.46. The van der Waals surface area contributed by atoms with Gasteiger partial charge in [-0.25, -0.2) is 4.79 Å².